The molecule has 0 unspecified atom stereocenters. The molecule has 2 nitrogen and oxygen atoms in total. The van der Waals surface area contributed by atoms with Crippen molar-refractivity contribution in [2.45, 2.75) is 84.0 Å². The molecule has 0 aromatic carbocycles. The number of carbonyl (C=O) groups is 1. The Morgan fingerprint density at radius 2 is 1.32 bits per heavy atom. The maximum Gasteiger partial charge on any atom is 0.220 e. The molecule has 0 saturated carbocycles. The summed E-state index contributed by atoms with van der Waals surface area (Å²) in [7, 11) is 0. The molecule has 19 heavy (non-hydrogen) atoms. The van der Waals surface area contributed by atoms with Gasteiger partial charge < -0.3 is 5.32 Å². The van der Waals surface area contributed by atoms with Crippen LogP contribution in [0.1, 0.15) is 84.0 Å². The predicted octanol–water partition coefficient (Wildman–Crippen LogP) is 4.73. The van der Waals surface area contributed by atoms with Gasteiger partial charge in [0.05, 0.1) is 0 Å². The lowest BCUT2D eigenvalue weighted by Gasteiger charge is -2.04. The number of nitrogens with one attached hydrogen (secondary N) is 1. The third-order valence-electron chi connectivity index (χ3n) is 3.44. The van der Waals surface area contributed by atoms with E-state index in [2.05, 4.69) is 24.9 Å². The maximum absolute atomic E-state index is 11.2. The number of amides is 1. The Bertz CT molecular complexity index is 197. The van der Waals surface area contributed by atoms with Crippen LogP contribution in [-0.2, 0) is 4.79 Å². The van der Waals surface area contributed by atoms with Crippen molar-refractivity contribution in [2.24, 2.45) is 0 Å². The van der Waals surface area contributed by atoms with E-state index < -0.39 is 0 Å². The van der Waals surface area contributed by atoms with Crippen LogP contribution in [0.4, 0.5) is 0 Å². The molecule has 0 saturated heterocycles. The molecule has 0 rings (SSSR count). The fourth-order valence-electron chi connectivity index (χ4n) is 2.21. The smallest absolute Gasteiger partial charge is 0.220 e. The third kappa shape index (κ3) is 15.8. The van der Waals surface area contributed by atoms with Crippen molar-refractivity contribution in [3.63, 3.8) is 0 Å². The lowest BCUT2D eigenvalue weighted by molar-refractivity contribution is -0.120. The molecule has 0 aliphatic carbocycles. The first kappa shape index (κ1) is 18.8. The van der Waals surface area contributed by atoms with Gasteiger partial charge in [0.25, 0.3) is 0 Å². The van der Waals surface area contributed by atoms with E-state index in [-0.39, 0.29) is 5.91 Å². The molecule has 1 amide bonds. The first-order valence-corrected chi connectivity index (χ1v) is 8.82. The monoisotopic (exact) mass is 287 g/mol. The second kappa shape index (κ2) is 15.9. The van der Waals surface area contributed by atoms with Crippen LogP contribution in [0.25, 0.3) is 0 Å². The van der Waals surface area contributed by atoms with Crippen LogP contribution in [0.15, 0.2) is 0 Å². The number of thiol groups is 1. The second-order valence-corrected chi connectivity index (χ2v) is 5.81. The highest BCUT2D eigenvalue weighted by Crippen LogP contribution is 2.10. The minimum atomic E-state index is 0.141. The molecule has 0 aliphatic heterocycles. The van der Waals surface area contributed by atoms with Gasteiger partial charge in [0, 0.05) is 13.0 Å². The number of unbranched alkanes of at least 4 members (excludes halogenated alkanes) is 10. The van der Waals surface area contributed by atoms with E-state index in [1.807, 2.05) is 0 Å². The topological polar surface area (TPSA) is 29.1 Å². The van der Waals surface area contributed by atoms with Gasteiger partial charge in [-0.15, -0.1) is 0 Å². The molecule has 0 bridgehead atoms. The third-order valence-corrected chi connectivity index (χ3v) is 3.66. The molecule has 3 heteroatoms. The Hall–Kier alpha value is -0.180. The average molecular weight is 288 g/mol. The van der Waals surface area contributed by atoms with Crippen LogP contribution in [-0.4, -0.2) is 18.2 Å². The summed E-state index contributed by atoms with van der Waals surface area (Å²) < 4.78 is 0. The molecule has 0 atom stereocenters. The van der Waals surface area contributed by atoms with E-state index in [0.717, 1.165) is 13.0 Å². The quantitative estimate of drug-likeness (QED) is 0.351. The Balaban J connectivity index is 3.01. The Labute approximate surface area is 125 Å². The van der Waals surface area contributed by atoms with Crippen molar-refractivity contribution in [1.82, 2.24) is 5.32 Å². The molecule has 0 radical (unpaired) electrons. The van der Waals surface area contributed by atoms with Crippen LogP contribution in [0.3, 0.4) is 0 Å². The first-order valence-electron chi connectivity index (χ1n) is 8.18. The minimum absolute atomic E-state index is 0.141. The highest BCUT2D eigenvalue weighted by atomic mass is 32.1. The van der Waals surface area contributed by atoms with E-state index in [4.69, 9.17) is 0 Å². The van der Waals surface area contributed by atoms with Gasteiger partial charge in [-0.05, 0) is 12.2 Å². The molecule has 0 fully saturated rings. The fraction of sp³-hybridized carbons (Fsp3) is 0.938. The van der Waals surface area contributed by atoms with Crippen molar-refractivity contribution < 1.29 is 4.79 Å². The Morgan fingerprint density at radius 3 is 1.79 bits per heavy atom. The van der Waals surface area contributed by atoms with Gasteiger partial charge >= 0.3 is 0 Å². The number of hydrogen-bond donors (Lipinski definition) is 2. The average Bonchev–Trinajstić information content (AvgIpc) is 2.40. The molecule has 0 spiro atoms. The molecule has 0 heterocycles. The van der Waals surface area contributed by atoms with Crippen molar-refractivity contribution >= 4 is 18.5 Å². The van der Waals surface area contributed by atoms with E-state index in [1.165, 1.54) is 64.2 Å². The summed E-state index contributed by atoms with van der Waals surface area (Å²) in [4.78, 5) is 11.2. The number of carbonyl (C=O) groups excluding carboxylic acids is 1. The molecule has 0 aliphatic rings. The lowest BCUT2D eigenvalue weighted by atomic mass is 10.1. The van der Waals surface area contributed by atoms with Crippen LogP contribution in [0.5, 0.6) is 0 Å². The highest BCUT2D eigenvalue weighted by molar-refractivity contribution is 7.80. The summed E-state index contributed by atoms with van der Waals surface area (Å²) in [5.41, 5.74) is 0. The minimum Gasteiger partial charge on any atom is -0.356 e. The van der Waals surface area contributed by atoms with Crippen LogP contribution in [0.2, 0.25) is 0 Å². The summed E-state index contributed by atoms with van der Waals surface area (Å²) in [5, 5.41) is 2.93. The van der Waals surface area contributed by atoms with Gasteiger partial charge in [-0.1, -0.05) is 71.1 Å². The van der Waals surface area contributed by atoms with Crippen molar-refractivity contribution in [2.75, 3.05) is 12.3 Å². The second-order valence-electron chi connectivity index (χ2n) is 5.36. The largest absolute Gasteiger partial charge is 0.356 e. The molecular weight excluding hydrogens is 254 g/mol. The summed E-state index contributed by atoms with van der Waals surface area (Å²) in [5.74, 6) is 0.784. The Kier molecular flexibility index (Phi) is 15.7. The van der Waals surface area contributed by atoms with E-state index in [9.17, 15) is 4.79 Å². The first-order chi connectivity index (χ1) is 9.31. The summed E-state index contributed by atoms with van der Waals surface area (Å²) in [6.45, 7) is 3.10. The normalized spacial score (nSPS) is 10.6. The number of hydrogen-bond acceptors (Lipinski definition) is 2. The van der Waals surface area contributed by atoms with E-state index in [0.29, 0.717) is 12.2 Å². The van der Waals surface area contributed by atoms with Crippen LogP contribution in [0, 0.1) is 0 Å². The van der Waals surface area contributed by atoms with Gasteiger partial charge in [0.1, 0.15) is 0 Å². The zero-order valence-corrected chi connectivity index (χ0v) is 13.6. The summed E-state index contributed by atoms with van der Waals surface area (Å²) in [6, 6.07) is 0. The number of rotatable bonds is 14. The van der Waals surface area contributed by atoms with Gasteiger partial charge in [-0.2, -0.15) is 12.6 Å². The molecule has 0 aromatic rings. The van der Waals surface area contributed by atoms with Gasteiger partial charge in [0.2, 0.25) is 5.91 Å². The standard InChI is InChI=1S/C16H33NOS/c1-2-3-4-5-6-7-8-9-10-11-12-14-17-16(18)13-15-19/h19H,2-15H2,1H3,(H,17,18). The zero-order valence-electron chi connectivity index (χ0n) is 12.8. The van der Waals surface area contributed by atoms with Crippen LogP contribution < -0.4 is 5.32 Å². The van der Waals surface area contributed by atoms with Gasteiger partial charge in [-0.3, -0.25) is 4.79 Å². The molecular formula is C16H33NOS. The van der Waals surface area contributed by atoms with Crippen LogP contribution >= 0.6 is 12.6 Å². The van der Waals surface area contributed by atoms with Gasteiger partial charge in [0.15, 0.2) is 0 Å². The van der Waals surface area contributed by atoms with Gasteiger partial charge in [-0.25, -0.2) is 0 Å². The Morgan fingerprint density at radius 1 is 0.842 bits per heavy atom. The highest BCUT2D eigenvalue weighted by Gasteiger charge is 1.97. The van der Waals surface area contributed by atoms with Crippen molar-refractivity contribution in [1.29, 1.82) is 0 Å². The lowest BCUT2D eigenvalue weighted by Crippen LogP contribution is -2.24. The predicted molar refractivity (Wildman–Crippen MR) is 87.9 cm³/mol. The van der Waals surface area contributed by atoms with E-state index in [1.54, 1.807) is 0 Å². The fourth-order valence-corrected chi connectivity index (χ4v) is 2.41. The maximum atomic E-state index is 11.2. The van der Waals surface area contributed by atoms with Crippen molar-refractivity contribution in [3.8, 4) is 0 Å². The zero-order chi connectivity index (χ0) is 14.2. The van der Waals surface area contributed by atoms with E-state index >= 15 is 0 Å². The summed E-state index contributed by atoms with van der Waals surface area (Å²) in [6.07, 6.45) is 15.4. The molecule has 0 aromatic heterocycles. The SMILES string of the molecule is CCCCCCCCCCCCCNC(=O)CCS. The van der Waals surface area contributed by atoms with Crippen molar-refractivity contribution in [3.05, 3.63) is 0 Å². The summed E-state index contributed by atoms with van der Waals surface area (Å²) >= 11 is 4.04. The molecule has 1 N–H and O–H groups in total. The molecule has 114 valence electrons.